The van der Waals surface area contributed by atoms with Gasteiger partial charge in [0, 0.05) is 27.2 Å². The average molecular weight is 995 g/mol. The van der Waals surface area contributed by atoms with Crippen LogP contribution in [0.15, 0.2) is 158 Å². The Balaban J connectivity index is 0.00000111. The number of ether oxygens (including phenoxy) is 1. The van der Waals surface area contributed by atoms with E-state index < -0.39 is 15.8 Å². The summed E-state index contributed by atoms with van der Waals surface area (Å²) >= 11 is 4.53. The van der Waals surface area contributed by atoms with Crippen LogP contribution in [0.2, 0.25) is 0 Å². The Labute approximate surface area is 338 Å². The number of hydrogen-bond acceptors (Lipinski definition) is 6. The van der Waals surface area contributed by atoms with Crippen molar-refractivity contribution in [3.05, 3.63) is 169 Å². The van der Waals surface area contributed by atoms with Crippen LogP contribution in [-0.2, 0) is 46.6 Å². The maximum absolute atomic E-state index is 8.00. The predicted molar refractivity (Wildman–Crippen MR) is 227 cm³/mol. The average Bonchev–Trinajstić information content (AvgIpc) is 3.27. The molecule has 0 bridgehead atoms. The number of benzene rings is 6. The molecule has 0 radical (unpaired) electrons. The van der Waals surface area contributed by atoms with Crippen LogP contribution in [0.4, 0.5) is 0 Å². The van der Waals surface area contributed by atoms with Gasteiger partial charge in [0.1, 0.15) is 45.4 Å². The normalized spacial score (nSPS) is 10.9. The molecule has 10 heteroatoms. The van der Waals surface area contributed by atoms with Crippen LogP contribution in [-0.4, -0.2) is 33.9 Å². The van der Waals surface area contributed by atoms with Crippen LogP contribution in [0.3, 0.4) is 0 Å². The van der Waals surface area contributed by atoms with Crippen molar-refractivity contribution < 1.29 is 45.9 Å². The summed E-state index contributed by atoms with van der Waals surface area (Å²) in [5.41, 5.74) is 2.26. The SMILES string of the molecule is C=O.C=O.C=O.C=O.C=O.CC1(C)c2cccc(P(c3ccccc3)c3ccccc3)c2Oc2c(P(c3ccccc3)c3ccccc3)cccc21.[Br][Re]. The molecule has 0 fully saturated rings. The van der Waals surface area contributed by atoms with Crippen molar-refractivity contribution in [2.75, 3.05) is 0 Å². The molecule has 6 nitrogen and oxygen atoms in total. The first-order chi connectivity index (χ1) is 26.6. The molecule has 54 heavy (non-hydrogen) atoms. The Morgan fingerprint density at radius 3 is 0.889 bits per heavy atom. The first-order valence-electron chi connectivity index (χ1n) is 16.0. The van der Waals surface area contributed by atoms with Gasteiger partial charge in [-0.15, -0.1) is 0 Å². The molecular formula is C44H42BrO6P2Re. The summed E-state index contributed by atoms with van der Waals surface area (Å²) in [5, 5.41) is 7.81. The molecule has 1 heterocycles. The zero-order valence-electron chi connectivity index (χ0n) is 30.1. The second kappa shape index (κ2) is 26.3. The van der Waals surface area contributed by atoms with Crippen molar-refractivity contribution in [3.8, 4) is 11.5 Å². The summed E-state index contributed by atoms with van der Waals surface area (Å²) in [4.78, 5) is 40.0. The van der Waals surface area contributed by atoms with E-state index in [1.807, 2.05) is 33.9 Å². The first kappa shape index (κ1) is 47.5. The van der Waals surface area contributed by atoms with Gasteiger partial charge in [0.05, 0.1) is 0 Å². The van der Waals surface area contributed by atoms with E-state index in [1.165, 1.54) is 60.1 Å². The molecule has 0 saturated carbocycles. The van der Waals surface area contributed by atoms with E-state index in [0.29, 0.717) is 0 Å². The van der Waals surface area contributed by atoms with E-state index >= 15 is 0 Å². The van der Waals surface area contributed by atoms with E-state index in [2.05, 4.69) is 185 Å². The van der Waals surface area contributed by atoms with Crippen LogP contribution in [0, 0.1) is 0 Å². The number of fused-ring (bicyclic) bond motifs is 2. The summed E-state index contributed by atoms with van der Waals surface area (Å²) in [6, 6.07) is 57.2. The van der Waals surface area contributed by atoms with Gasteiger partial charge in [-0.2, -0.15) is 0 Å². The van der Waals surface area contributed by atoms with E-state index in [4.69, 9.17) is 28.7 Å². The molecule has 0 N–H and O–H groups in total. The molecule has 7 rings (SSSR count). The molecule has 0 amide bonds. The van der Waals surface area contributed by atoms with Crippen molar-refractivity contribution in [2.24, 2.45) is 0 Å². The Hall–Kier alpha value is -4.53. The fourth-order valence-corrected chi connectivity index (χ4v) is 10.8. The fourth-order valence-electron chi connectivity index (χ4n) is 6.01. The van der Waals surface area contributed by atoms with Crippen LogP contribution in [0.1, 0.15) is 25.0 Å². The molecule has 0 aromatic heterocycles. The molecular weight excluding hydrogens is 953 g/mol. The number of halogens is 1. The Bertz CT molecular complexity index is 1710. The second-order valence-electron chi connectivity index (χ2n) is 11.0. The number of para-hydroxylation sites is 2. The summed E-state index contributed by atoms with van der Waals surface area (Å²) < 4.78 is 7.26. The zero-order chi connectivity index (χ0) is 40.5. The third-order valence-corrected chi connectivity index (χ3v) is 13.0. The summed E-state index contributed by atoms with van der Waals surface area (Å²) in [5.74, 6) is 2.02. The molecule has 1 aliphatic heterocycles. The van der Waals surface area contributed by atoms with E-state index in [0.717, 1.165) is 11.5 Å². The van der Waals surface area contributed by atoms with Gasteiger partial charge in [-0.05, 0) is 37.1 Å². The third kappa shape index (κ3) is 11.2. The fraction of sp³-hybridized carbons (Fsp3) is 0.0682. The zero-order valence-corrected chi connectivity index (χ0v) is 36.2. The Morgan fingerprint density at radius 2 is 0.648 bits per heavy atom. The van der Waals surface area contributed by atoms with Crippen molar-refractivity contribution in [2.45, 2.75) is 19.3 Å². The monoisotopic (exact) mass is 994 g/mol. The van der Waals surface area contributed by atoms with Gasteiger partial charge in [0.25, 0.3) is 0 Å². The summed E-state index contributed by atoms with van der Waals surface area (Å²) in [7, 11) is -1.65. The minimum absolute atomic E-state index is 0.225. The second-order valence-corrected chi connectivity index (χ2v) is 15.4. The van der Waals surface area contributed by atoms with Crippen LogP contribution in [0.25, 0.3) is 0 Å². The van der Waals surface area contributed by atoms with E-state index in [1.54, 1.807) is 0 Å². The molecule has 0 unspecified atom stereocenters. The van der Waals surface area contributed by atoms with Crippen molar-refractivity contribution in [1.82, 2.24) is 0 Å². The van der Waals surface area contributed by atoms with E-state index in [-0.39, 0.29) is 5.41 Å². The first-order valence-corrected chi connectivity index (χ1v) is 24.6. The molecule has 6 aromatic rings. The number of carbonyl (C=O) groups excluding carboxylic acids is 5. The van der Waals surface area contributed by atoms with E-state index in [9.17, 15) is 0 Å². The molecule has 6 aromatic carbocycles. The van der Waals surface area contributed by atoms with Crippen LogP contribution < -0.4 is 36.6 Å². The van der Waals surface area contributed by atoms with Gasteiger partial charge < -0.3 is 28.7 Å². The molecule has 0 atom stereocenters. The quantitative estimate of drug-likeness (QED) is 0.160. The number of carbonyl (C=O) groups is 5. The molecule has 0 spiro atoms. The predicted octanol–water partition coefficient (Wildman–Crippen LogP) is 7.55. The van der Waals surface area contributed by atoms with Gasteiger partial charge in [0.15, 0.2) is 0 Å². The Kier molecular flexibility index (Phi) is 23.1. The molecule has 0 aliphatic carbocycles. The molecule has 1 aliphatic rings. The summed E-state index contributed by atoms with van der Waals surface area (Å²) in [6.07, 6.45) is 0. The van der Waals surface area contributed by atoms with Crippen LogP contribution in [0.5, 0.6) is 11.5 Å². The summed E-state index contributed by atoms with van der Waals surface area (Å²) in [6.45, 7) is 14.7. The van der Waals surface area contributed by atoms with Crippen molar-refractivity contribution in [3.63, 3.8) is 0 Å². The van der Waals surface area contributed by atoms with Crippen molar-refractivity contribution >= 4 is 95.0 Å². The minimum atomic E-state index is -0.824. The standard InChI is InChI=1S/C39H32OP2.5CH2O.BrH.Re/c1-39(2)33-25-15-27-35(41(29-17-7-3-8-18-29)30-19-9-4-10-20-30)37(33)40-38-34(39)26-16-28-36(38)42(31-21-11-5-12-22-31)32-23-13-6-14-24-32;5*1-2;;/h3-28H,1-2H3;5*1H2;1H;/q;;;;;;;+1/p-1. The van der Waals surface area contributed by atoms with Gasteiger partial charge in [-0.25, -0.2) is 0 Å². The topological polar surface area (TPSA) is 94.6 Å². The Morgan fingerprint density at radius 1 is 0.407 bits per heavy atom. The van der Waals surface area contributed by atoms with Gasteiger partial charge >= 0.3 is 30.6 Å². The third-order valence-electron chi connectivity index (χ3n) is 8.08. The molecule has 278 valence electrons. The van der Waals surface area contributed by atoms with Crippen molar-refractivity contribution in [1.29, 1.82) is 0 Å². The molecule has 0 saturated heterocycles. The number of rotatable bonds is 6. The number of hydrogen-bond donors (Lipinski definition) is 0. The van der Waals surface area contributed by atoms with Gasteiger partial charge in [-0.3, -0.25) is 0 Å². The van der Waals surface area contributed by atoms with Gasteiger partial charge in [0.2, 0.25) is 0 Å². The maximum atomic E-state index is 8.00. The van der Waals surface area contributed by atoms with Gasteiger partial charge in [-0.1, -0.05) is 172 Å². The van der Waals surface area contributed by atoms with Crippen LogP contribution >= 0.6 is 29.3 Å².